The Bertz CT molecular complexity index is 140. The molecule has 0 bridgehead atoms. The van der Waals surface area contributed by atoms with Gasteiger partial charge in [-0.25, -0.2) is 0 Å². The van der Waals surface area contributed by atoms with Gasteiger partial charge in [-0.05, 0) is 0 Å². The van der Waals surface area contributed by atoms with E-state index in [0.717, 1.165) is 0 Å². The Kier molecular flexibility index (Phi) is 4.21. The monoisotopic (exact) mass is 93.0 g/mol. The maximum Gasteiger partial charge on any atom is 0.222 e. The molecule has 1 nitrogen and oxygen atoms in total. The van der Waals surface area contributed by atoms with Crippen LogP contribution in [0.15, 0.2) is 23.3 Å². The number of aliphatic hydroxyl groups is 1. The minimum Gasteiger partial charge on any atom is -0.392 e. The molecule has 7 heavy (non-hydrogen) atoms. The van der Waals surface area contributed by atoms with Crippen molar-refractivity contribution < 1.29 is 5.11 Å². The second-order valence-electron chi connectivity index (χ2n) is 0.800. The van der Waals surface area contributed by atoms with E-state index in [1.807, 2.05) is 0 Å². The smallest absolute Gasteiger partial charge is 0.222 e. The molecule has 0 aliphatic rings. The van der Waals surface area contributed by atoms with Gasteiger partial charge in [0.15, 0.2) is 0 Å². The standard InChI is InChI=1S/C6H5O/c1-2-3-4-5-6-7/h1,5,7H,6H2/q+1. The van der Waals surface area contributed by atoms with Crippen molar-refractivity contribution in [2.24, 2.45) is 0 Å². The molecule has 0 radical (unpaired) electrons. The van der Waals surface area contributed by atoms with E-state index in [0.29, 0.717) is 0 Å². The highest BCUT2D eigenvalue weighted by atomic mass is 16.2. The lowest BCUT2D eigenvalue weighted by Gasteiger charge is -1.59. The van der Waals surface area contributed by atoms with E-state index in [-0.39, 0.29) is 6.61 Å². The van der Waals surface area contributed by atoms with Gasteiger partial charge < -0.3 is 5.11 Å². The van der Waals surface area contributed by atoms with Crippen molar-refractivity contribution in [1.29, 1.82) is 0 Å². The maximum absolute atomic E-state index is 8.07. The normalized spacial score (nSPS) is 5.14. The van der Waals surface area contributed by atoms with Gasteiger partial charge in [0.05, 0.1) is 12.3 Å². The van der Waals surface area contributed by atoms with Crippen LogP contribution in [0.3, 0.4) is 0 Å². The van der Waals surface area contributed by atoms with Crippen LogP contribution in [0, 0.1) is 6.58 Å². The zero-order valence-electron chi connectivity index (χ0n) is 3.81. The highest BCUT2D eigenvalue weighted by molar-refractivity contribution is 4.82. The van der Waals surface area contributed by atoms with E-state index < -0.39 is 0 Å². The van der Waals surface area contributed by atoms with Crippen LogP contribution in [0.4, 0.5) is 0 Å². The molecule has 0 aliphatic heterocycles. The van der Waals surface area contributed by atoms with Crippen LogP contribution in [-0.2, 0) is 0 Å². The van der Waals surface area contributed by atoms with Crippen LogP contribution in [0.5, 0.6) is 0 Å². The molecule has 1 N–H and O–H groups in total. The Balaban J connectivity index is 3.89. The first-order valence-electron chi connectivity index (χ1n) is 1.80. The number of hydrogen-bond acceptors (Lipinski definition) is 1. The molecule has 0 aliphatic carbocycles. The molecule has 0 unspecified atom stereocenters. The molecule has 0 aromatic heterocycles. The molecular weight excluding hydrogens is 88.1 g/mol. The van der Waals surface area contributed by atoms with Crippen molar-refractivity contribution in [1.82, 2.24) is 0 Å². The summed E-state index contributed by atoms with van der Waals surface area (Å²) in [6, 6.07) is 0. The molecule has 0 saturated carbocycles. The summed E-state index contributed by atoms with van der Waals surface area (Å²) >= 11 is 0. The molecule has 0 amide bonds. The van der Waals surface area contributed by atoms with Gasteiger partial charge in [-0.15, -0.1) is 0 Å². The van der Waals surface area contributed by atoms with Crippen molar-refractivity contribution in [3.8, 4) is 0 Å². The van der Waals surface area contributed by atoms with Crippen molar-refractivity contribution >= 4 is 0 Å². The quantitative estimate of drug-likeness (QED) is 0.368. The van der Waals surface area contributed by atoms with Gasteiger partial charge in [0.2, 0.25) is 11.5 Å². The number of hydrogen-bond donors (Lipinski definition) is 1. The Morgan fingerprint density at radius 1 is 1.71 bits per heavy atom. The molecule has 0 atom stereocenters. The average Bonchev–Trinajstić information content (AvgIpc) is 1.69. The summed E-state index contributed by atoms with van der Waals surface area (Å²) in [4.78, 5) is 0. The van der Waals surface area contributed by atoms with Gasteiger partial charge in [-0.1, -0.05) is 0 Å². The molecule has 0 aromatic carbocycles. The third-order valence-corrected chi connectivity index (χ3v) is 0.338. The summed E-state index contributed by atoms with van der Waals surface area (Å²) in [5, 5.41) is 8.07. The summed E-state index contributed by atoms with van der Waals surface area (Å²) in [7, 11) is 0. The third-order valence-electron chi connectivity index (χ3n) is 0.338. The maximum atomic E-state index is 8.07. The van der Waals surface area contributed by atoms with E-state index in [9.17, 15) is 0 Å². The molecule has 34 valence electrons. The van der Waals surface area contributed by atoms with Gasteiger partial charge in [-0.2, -0.15) is 0 Å². The van der Waals surface area contributed by atoms with E-state index in [1.54, 1.807) is 0 Å². The van der Waals surface area contributed by atoms with Crippen LogP contribution < -0.4 is 0 Å². The predicted molar refractivity (Wildman–Crippen MR) is 26.5 cm³/mol. The molecular formula is C6H5O+. The minimum absolute atomic E-state index is 0.0331. The fourth-order valence-electron chi connectivity index (χ4n) is 0.138. The highest BCUT2D eigenvalue weighted by Crippen LogP contribution is 1.56. The summed E-state index contributed by atoms with van der Waals surface area (Å²) in [5.74, 6) is 0. The van der Waals surface area contributed by atoms with Crippen LogP contribution in [0.2, 0.25) is 0 Å². The molecule has 0 fully saturated rings. The van der Waals surface area contributed by atoms with Crippen molar-refractivity contribution in [2.75, 3.05) is 6.61 Å². The van der Waals surface area contributed by atoms with E-state index in [1.165, 1.54) is 6.08 Å². The lowest BCUT2D eigenvalue weighted by Crippen LogP contribution is -1.64. The number of rotatable bonds is 1. The fourth-order valence-corrected chi connectivity index (χ4v) is 0.138. The topological polar surface area (TPSA) is 20.2 Å². The van der Waals surface area contributed by atoms with Crippen LogP contribution in [0.1, 0.15) is 0 Å². The highest BCUT2D eigenvalue weighted by Gasteiger charge is 1.57. The summed E-state index contributed by atoms with van der Waals surface area (Å²) in [5.41, 5.74) is 6.83. The van der Waals surface area contributed by atoms with Crippen LogP contribution >= 0.6 is 0 Å². The van der Waals surface area contributed by atoms with Gasteiger partial charge in [0, 0.05) is 6.08 Å². The first kappa shape index (κ1) is 5.95. The van der Waals surface area contributed by atoms with Crippen LogP contribution in [0.25, 0.3) is 0 Å². The fraction of sp³-hybridized carbons (Fsp3) is 0.167. The number of aliphatic hydroxyl groups excluding tert-OH is 1. The van der Waals surface area contributed by atoms with Gasteiger partial charge >= 0.3 is 0 Å². The zero-order valence-corrected chi connectivity index (χ0v) is 3.81. The third kappa shape index (κ3) is 4.95. The van der Waals surface area contributed by atoms with Crippen LogP contribution in [-0.4, -0.2) is 11.7 Å². The van der Waals surface area contributed by atoms with Crippen molar-refractivity contribution in [3.63, 3.8) is 0 Å². The average molecular weight is 93.1 g/mol. The zero-order chi connectivity index (χ0) is 5.54. The lowest BCUT2D eigenvalue weighted by molar-refractivity contribution is 0.343. The SMILES string of the molecule is [CH+]=C=C=C=CCO. The summed E-state index contributed by atoms with van der Waals surface area (Å²) < 4.78 is 0. The Hall–Kier alpha value is -1.05. The first-order valence-corrected chi connectivity index (χ1v) is 1.80. The second kappa shape index (κ2) is 4.95. The first-order chi connectivity index (χ1) is 3.41. The summed E-state index contributed by atoms with van der Waals surface area (Å²) in [6.07, 6.45) is 1.39. The minimum atomic E-state index is -0.0331. The van der Waals surface area contributed by atoms with E-state index in [4.69, 9.17) is 11.7 Å². The van der Waals surface area contributed by atoms with E-state index >= 15 is 0 Å². The van der Waals surface area contributed by atoms with Crippen molar-refractivity contribution in [2.45, 2.75) is 0 Å². The Morgan fingerprint density at radius 2 is 2.43 bits per heavy atom. The Morgan fingerprint density at radius 3 is 2.86 bits per heavy atom. The Labute approximate surface area is 42.6 Å². The molecule has 0 aromatic rings. The summed E-state index contributed by atoms with van der Waals surface area (Å²) in [6.45, 7) is 4.71. The van der Waals surface area contributed by atoms with E-state index in [2.05, 4.69) is 17.2 Å². The molecule has 0 rings (SSSR count). The predicted octanol–water partition coefficient (Wildman–Crippen LogP) is 0.433. The molecule has 1 heteroatoms. The van der Waals surface area contributed by atoms with Gasteiger partial charge in [0.25, 0.3) is 0 Å². The second-order valence-corrected chi connectivity index (χ2v) is 0.800. The lowest BCUT2D eigenvalue weighted by atomic mass is 10.6. The molecule has 0 spiro atoms. The van der Waals surface area contributed by atoms with Gasteiger partial charge in [0.1, 0.15) is 6.58 Å². The largest absolute Gasteiger partial charge is 0.392 e. The van der Waals surface area contributed by atoms with Gasteiger partial charge in [-0.3, -0.25) is 0 Å². The molecule has 0 saturated heterocycles. The molecule has 0 heterocycles. The van der Waals surface area contributed by atoms with Crippen molar-refractivity contribution in [3.05, 3.63) is 29.8 Å².